The van der Waals surface area contributed by atoms with Crippen molar-refractivity contribution in [1.82, 2.24) is 16.2 Å². The van der Waals surface area contributed by atoms with Crippen molar-refractivity contribution in [2.45, 2.75) is 0 Å². The Labute approximate surface area is 198 Å². The fourth-order valence-corrected chi connectivity index (χ4v) is 4.14. The Kier molecular flexibility index (Phi) is 7.97. The van der Waals surface area contributed by atoms with Gasteiger partial charge in [0.15, 0.2) is 11.7 Å². The molecule has 0 aliphatic rings. The van der Waals surface area contributed by atoms with Gasteiger partial charge in [-0.15, -0.1) is 11.3 Å². The molecule has 30 heavy (non-hydrogen) atoms. The van der Waals surface area contributed by atoms with Gasteiger partial charge in [0, 0.05) is 15.4 Å². The van der Waals surface area contributed by atoms with E-state index in [1.54, 1.807) is 12.1 Å². The third kappa shape index (κ3) is 6.36. The molecule has 2 amide bonds. The Morgan fingerprint density at radius 1 is 1.13 bits per heavy atom. The van der Waals surface area contributed by atoms with Gasteiger partial charge in [-0.2, -0.15) is 0 Å². The fraction of sp³-hybridized carbons (Fsp3) is 0.0500. The van der Waals surface area contributed by atoms with E-state index in [4.69, 9.17) is 17.0 Å². The second-order valence-electron chi connectivity index (χ2n) is 5.87. The molecule has 0 aliphatic carbocycles. The first-order chi connectivity index (χ1) is 14.4. The molecule has 0 saturated heterocycles. The van der Waals surface area contributed by atoms with Crippen LogP contribution in [0.2, 0.25) is 0 Å². The Balaban J connectivity index is 1.45. The number of nitrogens with one attached hydrogen (secondary N) is 3. The number of fused-ring (bicyclic) bond motifs is 1. The summed E-state index contributed by atoms with van der Waals surface area (Å²) in [6.07, 6.45) is 3.04. The normalized spacial score (nSPS) is 10.7. The lowest BCUT2D eigenvalue weighted by Gasteiger charge is -2.12. The Bertz CT molecular complexity index is 1120. The summed E-state index contributed by atoms with van der Waals surface area (Å²) in [5, 5.41) is 6.32. The number of rotatable bonds is 5. The summed E-state index contributed by atoms with van der Waals surface area (Å²) < 4.78 is 7.31. The van der Waals surface area contributed by atoms with Gasteiger partial charge in [0.25, 0.3) is 5.91 Å². The molecule has 0 radical (unpaired) electrons. The van der Waals surface area contributed by atoms with Crippen LogP contribution >= 0.6 is 55.4 Å². The van der Waals surface area contributed by atoms with Crippen LogP contribution in [-0.4, -0.2) is 23.5 Å². The summed E-state index contributed by atoms with van der Waals surface area (Å²) >= 11 is 13.4. The van der Waals surface area contributed by atoms with Crippen molar-refractivity contribution in [2.75, 3.05) is 6.61 Å². The SMILES string of the molecule is O=C(/C=C/c1cccs1)NC(=S)NNC(=O)COc1ccc2cc(Br)ccc2c1Br. The molecule has 10 heteroatoms. The summed E-state index contributed by atoms with van der Waals surface area (Å²) in [6, 6.07) is 13.3. The van der Waals surface area contributed by atoms with E-state index in [2.05, 4.69) is 48.0 Å². The van der Waals surface area contributed by atoms with Crippen molar-refractivity contribution in [3.05, 3.63) is 67.7 Å². The van der Waals surface area contributed by atoms with Crippen molar-refractivity contribution in [3.8, 4) is 5.75 Å². The number of carbonyl (C=O) groups excluding carboxylic acids is 2. The van der Waals surface area contributed by atoms with Crippen molar-refractivity contribution in [1.29, 1.82) is 0 Å². The minimum atomic E-state index is -0.455. The van der Waals surface area contributed by atoms with Gasteiger partial charge in [0.2, 0.25) is 5.91 Å². The number of thiocarbonyl (C=S) groups is 1. The monoisotopic (exact) mass is 567 g/mol. The largest absolute Gasteiger partial charge is 0.483 e. The summed E-state index contributed by atoms with van der Waals surface area (Å²) in [5.41, 5.74) is 4.84. The quantitative estimate of drug-likeness (QED) is 0.239. The molecule has 0 bridgehead atoms. The topological polar surface area (TPSA) is 79.5 Å². The molecule has 0 aliphatic heterocycles. The number of hydrogen-bond donors (Lipinski definition) is 3. The molecular formula is C20H15Br2N3O3S2. The maximum Gasteiger partial charge on any atom is 0.276 e. The summed E-state index contributed by atoms with van der Waals surface area (Å²) in [4.78, 5) is 24.8. The van der Waals surface area contributed by atoms with Crippen LogP contribution in [-0.2, 0) is 9.59 Å². The molecule has 1 heterocycles. The highest BCUT2D eigenvalue weighted by Gasteiger charge is 2.10. The second-order valence-corrected chi connectivity index (χ2v) is 8.97. The van der Waals surface area contributed by atoms with E-state index in [0.29, 0.717) is 5.75 Å². The average Bonchev–Trinajstić information content (AvgIpc) is 3.24. The first-order valence-electron chi connectivity index (χ1n) is 8.54. The zero-order valence-corrected chi connectivity index (χ0v) is 20.1. The molecule has 154 valence electrons. The van der Waals surface area contributed by atoms with Crippen LogP contribution in [0.5, 0.6) is 5.75 Å². The van der Waals surface area contributed by atoms with Gasteiger partial charge in [0.05, 0.1) is 4.47 Å². The zero-order valence-electron chi connectivity index (χ0n) is 15.3. The molecule has 0 unspecified atom stereocenters. The number of thiophene rings is 1. The van der Waals surface area contributed by atoms with Gasteiger partial charge < -0.3 is 4.74 Å². The highest BCUT2D eigenvalue weighted by molar-refractivity contribution is 9.11. The number of hydrazine groups is 1. The summed E-state index contributed by atoms with van der Waals surface area (Å²) in [6.45, 7) is -0.234. The first kappa shape index (κ1) is 22.4. The van der Waals surface area contributed by atoms with Gasteiger partial charge in [-0.25, -0.2) is 0 Å². The Morgan fingerprint density at radius 3 is 2.73 bits per heavy atom. The Morgan fingerprint density at radius 2 is 1.97 bits per heavy atom. The van der Waals surface area contributed by atoms with E-state index in [9.17, 15) is 9.59 Å². The number of ether oxygens (including phenoxy) is 1. The van der Waals surface area contributed by atoms with Gasteiger partial charge in [-0.1, -0.05) is 34.1 Å². The molecule has 6 nitrogen and oxygen atoms in total. The van der Waals surface area contributed by atoms with Crippen LogP contribution in [0.3, 0.4) is 0 Å². The fourth-order valence-electron chi connectivity index (χ4n) is 2.39. The van der Waals surface area contributed by atoms with E-state index < -0.39 is 11.8 Å². The number of hydrogen-bond acceptors (Lipinski definition) is 5. The summed E-state index contributed by atoms with van der Waals surface area (Å²) in [5.74, 6) is -0.323. The zero-order chi connectivity index (χ0) is 21.5. The van der Waals surface area contributed by atoms with Crippen LogP contribution < -0.4 is 20.9 Å². The summed E-state index contributed by atoms with van der Waals surface area (Å²) in [7, 11) is 0. The first-order valence-corrected chi connectivity index (χ1v) is 11.4. The maximum atomic E-state index is 12.0. The van der Waals surface area contributed by atoms with E-state index >= 15 is 0 Å². The van der Waals surface area contributed by atoms with Crippen molar-refractivity contribution in [3.63, 3.8) is 0 Å². The van der Waals surface area contributed by atoms with E-state index in [1.807, 2.05) is 41.8 Å². The predicted molar refractivity (Wildman–Crippen MR) is 130 cm³/mol. The number of amides is 2. The van der Waals surface area contributed by atoms with Crippen molar-refractivity contribution < 1.29 is 14.3 Å². The van der Waals surface area contributed by atoms with Crippen LogP contribution in [0, 0.1) is 0 Å². The highest BCUT2D eigenvalue weighted by Crippen LogP contribution is 2.34. The molecule has 0 fully saturated rings. The van der Waals surface area contributed by atoms with Crippen molar-refractivity contribution >= 4 is 89.2 Å². The molecule has 3 aromatic rings. The predicted octanol–water partition coefficient (Wildman–Crippen LogP) is 4.54. The molecule has 0 spiro atoms. The van der Waals surface area contributed by atoms with Crippen LogP contribution in [0.1, 0.15) is 4.88 Å². The van der Waals surface area contributed by atoms with Crippen LogP contribution in [0.4, 0.5) is 0 Å². The van der Waals surface area contributed by atoms with Gasteiger partial charge in [0.1, 0.15) is 5.75 Å². The van der Waals surface area contributed by atoms with Crippen LogP contribution in [0.25, 0.3) is 16.8 Å². The molecular weight excluding hydrogens is 554 g/mol. The Hall–Kier alpha value is -2.27. The third-order valence-electron chi connectivity index (χ3n) is 3.73. The van der Waals surface area contributed by atoms with Crippen molar-refractivity contribution in [2.24, 2.45) is 0 Å². The smallest absolute Gasteiger partial charge is 0.276 e. The van der Waals surface area contributed by atoms with Crippen LogP contribution in [0.15, 0.2) is 62.9 Å². The number of halogens is 2. The molecule has 3 rings (SSSR count). The van der Waals surface area contributed by atoms with Gasteiger partial charge in [-0.3, -0.25) is 25.8 Å². The maximum absolute atomic E-state index is 12.0. The van der Waals surface area contributed by atoms with Gasteiger partial charge in [-0.05, 0) is 74.6 Å². The van der Waals surface area contributed by atoms with Gasteiger partial charge >= 0.3 is 0 Å². The molecule has 3 N–H and O–H groups in total. The number of carbonyl (C=O) groups is 2. The molecule has 1 aromatic heterocycles. The van der Waals surface area contributed by atoms with E-state index in [0.717, 1.165) is 24.6 Å². The highest BCUT2D eigenvalue weighted by atomic mass is 79.9. The number of benzene rings is 2. The lowest BCUT2D eigenvalue weighted by molar-refractivity contribution is -0.123. The standard InChI is InChI=1S/C20H15Br2N3O3S2/c21-13-4-6-15-12(10-13)3-7-16(19(15)22)28-11-18(27)24-25-20(29)23-17(26)8-5-14-2-1-9-30-14/h1-10H,11H2,(H,24,27)(H2,23,25,26,29)/b8-5+. The lowest BCUT2D eigenvalue weighted by atomic mass is 10.1. The molecule has 0 saturated carbocycles. The third-order valence-corrected chi connectivity index (χ3v) is 6.09. The van der Waals surface area contributed by atoms with E-state index in [1.165, 1.54) is 17.4 Å². The second kappa shape index (κ2) is 10.7. The average molecular weight is 569 g/mol. The van der Waals surface area contributed by atoms with E-state index in [-0.39, 0.29) is 11.7 Å². The molecule has 0 atom stereocenters. The minimum Gasteiger partial charge on any atom is -0.483 e. The molecule has 2 aromatic carbocycles. The minimum absolute atomic E-state index is 0.0263. The lowest BCUT2D eigenvalue weighted by Crippen LogP contribution is -2.49.